The number of nitrogens with one attached hydrogen (secondary N) is 2. The Balaban J connectivity index is 1.24. The standard InChI is InChI=1S/C49H42N4/c1-30-23-26-32(27-24-30)46-37-16-6-9-19-40(37)50-48(51-46)52-41-20-10-7-17-38(41)44-35-14-4-5-15-36(35)45-39-18-8-11-21-43(39)53(49(45,3)47(44)52)42-22-12-13-33-29-31(2)25-28-34(33)42/h4-23,25-28,30-31,45,48,50H,24,29H2,1-3H3/p+1. The Hall–Kier alpha value is -5.87. The van der Waals surface area contributed by atoms with Crippen molar-refractivity contribution in [1.29, 1.82) is 0 Å². The van der Waals surface area contributed by atoms with Crippen LogP contribution < -0.4 is 15.2 Å². The number of para-hydroxylation sites is 3. The maximum absolute atomic E-state index is 4.11. The molecular weight excluding hydrogens is 645 g/mol. The van der Waals surface area contributed by atoms with Crippen LogP contribution in [0.2, 0.25) is 0 Å². The first-order chi connectivity index (χ1) is 26.0. The Morgan fingerprint density at radius 1 is 0.717 bits per heavy atom. The van der Waals surface area contributed by atoms with Crippen molar-refractivity contribution in [3.05, 3.63) is 179 Å². The van der Waals surface area contributed by atoms with E-state index in [2.05, 4.69) is 186 Å². The highest BCUT2D eigenvalue weighted by molar-refractivity contribution is 6.14. The largest absolute Gasteiger partial charge is 0.328 e. The van der Waals surface area contributed by atoms with Crippen LogP contribution in [0.25, 0.3) is 28.1 Å². The van der Waals surface area contributed by atoms with Crippen LogP contribution in [0.5, 0.6) is 0 Å². The van der Waals surface area contributed by atoms with E-state index in [-0.39, 0.29) is 12.2 Å². The molecule has 0 fully saturated rings. The van der Waals surface area contributed by atoms with Gasteiger partial charge in [-0.1, -0.05) is 129 Å². The van der Waals surface area contributed by atoms with Gasteiger partial charge in [0.15, 0.2) is 0 Å². The number of hydrogen-bond acceptors (Lipinski definition) is 2. The highest BCUT2D eigenvalue weighted by atomic mass is 15.3. The summed E-state index contributed by atoms with van der Waals surface area (Å²) in [5.74, 6) is 1.18. The Bertz CT molecular complexity index is 2630. The maximum atomic E-state index is 4.11. The molecule has 5 atom stereocenters. The highest BCUT2D eigenvalue weighted by Gasteiger charge is 2.58. The molecule has 258 valence electrons. The summed E-state index contributed by atoms with van der Waals surface area (Å²) in [6.45, 7) is 7.14. The molecule has 0 bridgehead atoms. The third-order valence-electron chi connectivity index (χ3n) is 12.6. The van der Waals surface area contributed by atoms with Gasteiger partial charge >= 0.3 is 6.29 Å². The van der Waals surface area contributed by atoms with Crippen LogP contribution in [0.3, 0.4) is 0 Å². The summed E-state index contributed by atoms with van der Waals surface area (Å²) in [7, 11) is 0. The number of allylic oxidation sites excluding steroid dienone is 5. The van der Waals surface area contributed by atoms with Gasteiger partial charge in [0.05, 0.1) is 28.0 Å². The number of rotatable bonds is 3. The van der Waals surface area contributed by atoms with Gasteiger partial charge in [0.25, 0.3) is 0 Å². The number of benzene rings is 5. The first-order valence-electron chi connectivity index (χ1n) is 19.3. The lowest BCUT2D eigenvalue weighted by Gasteiger charge is -2.46. The minimum atomic E-state index is -0.474. The molecule has 6 aromatic rings. The van der Waals surface area contributed by atoms with E-state index in [1.165, 1.54) is 78.2 Å². The van der Waals surface area contributed by atoms with Crippen LogP contribution in [0.15, 0.2) is 145 Å². The predicted molar refractivity (Wildman–Crippen MR) is 219 cm³/mol. The predicted octanol–water partition coefficient (Wildman–Crippen LogP) is 10.00. The van der Waals surface area contributed by atoms with Crippen LogP contribution in [0.1, 0.15) is 72.9 Å². The monoisotopic (exact) mass is 687 g/mol. The van der Waals surface area contributed by atoms with Crippen LogP contribution in [-0.2, 0) is 12.0 Å². The third-order valence-corrected chi connectivity index (χ3v) is 12.6. The van der Waals surface area contributed by atoms with Gasteiger partial charge in [-0.15, -0.1) is 0 Å². The topological polar surface area (TPSA) is 34.2 Å². The molecule has 0 saturated carbocycles. The van der Waals surface area contributed by atoms with Gasteiger partial charge < -0.3 is 10.2 Å². The quantitative estimate of drug-likeness (QED) is 0.194. The zero-order valence-corrected chi connectivity index (χ0v) is 30.5. The number of hydrogen-bond donors (Lipinski definition) is 2. The van der Waals surface area contributed by atoms with Gasteiger partial charge in [-0.05, 0) is 84.2 Å². The summed E-state index contributed by atoms with van der Waals surface area (Å²) in [4.78, 5) is 6.82. The van der Waals surface area contributed by atoms with Crippen molar-refractivity contribution in [2.75, 3.05) is 10.2 Å². The van der Waals surface area contributed by atoms with Gasteiger partial charge in [0, 0.05) is 39.4 Å². The van der Waals surface area contributed by atoms with E-state index in [4.69, 9.17) is 0 Å². The van der Waals surface area contributed by atoms with Crippen LogP contribution in [0.4, 0.5) is 17.1 Å². The molecule has 4 nitrogen and oxygen atoms in total. The summed E-state index contributed by atoms with van der Waals surface area (Å²) in [5, 5.41) is 5.30. The number of aromatic nitrogens is 1. The summed E-state index contributed by atoms with van der Waals surface area (Å²) >= 11 is 0. The fourth-order valence-electron chi connectivity index (χ4n) is 10.3. The first-order valence-corrected chi connectivity index (χ1v) is 19.3. The lowest BCUT2D eigenvalue weighted by molar-refractivity contribution is -0.522. The van der Waals surface area contributed by atoms with E-state index in [0.29, 0.717) is 11.8 Å². The molecule has 0 amide bonds. The van der Waals surface area contributed by atoms with Crippen molar-refractivity contribution in [1.82, 2.24) is 4.57 Å². The van der Waals surface area contributed by atoms with E-state index in [1.54, 1.807) is 0 Å². The van der Waals surface area contributed by atoms with Crippen molar-refractivity contribution in [3.8, 4) is 11.1 Å². The molecule has 5 unspecified atom stereocenters. The SMILES string of the molecule is CC1C=CC(C2=[NH+]C(n3c4c(c5ccccc53)-c3ccccc3C3c5ccccc5N(c5cccc6c5C=CC(C)C6)C43C)Nc3ccccc32)=CC1. The molecule has 53 heavy (non-hydrogen) atoms. The molecule has 1 aromatic heterocycles. The molecular formula is C49H43N4+. The molecule has 2 aliphatic heterocycles. The van der Waals surface area contributed by atoms with Crippen LogP contribution in [-0.4, -0.2) is 10.3 Å². The minimum absolute atomic E-state index is 0.109. The minimum Gasteiger partial charge on any atom is -0.328 e. The van der Waals surface area contributed by atoms with Gasteiger partial charge in [-0.25, -0.2) is 4.99 Å². The van der Waals surface area contributed by atoms with E-state index in [1.807, 2.05) is 0 Å². The molecule has 4 heteroatoms. The molecule has 11 rings (SSSR count). The van der Waals surface area contributed by atoms with E-state index in [9.17, 15) is 0 Å². The van der Waals surface area contributed by atoms with E-state index < -0.39 is 5.54 Å². The molecule has 2 N–H and O–H groups in total. The third kappa shape index (κ3) is 4.27. The zero-order chi connectivity index (χ0) is 35.4. The summed E-state index contributed by atoms with van der Waals surface area (Å²) in [6.07, 6.45) is 13.7. The Morgan fingerprint density at radius 2 is 1.45 bits per heavy atom. The maximum Gasteiger partial charge on any atom is 0.312 e. The second-order valence-electron chi connectivity index (χ2n) is 15.9. The molecule has 5 aromatic carbocycles. The Morgan fingerprint density at radius 3 is 2.32 bits per heavy atom. The van der Waals surface area contributed by atoms with Crippen molar-refractivity contribution in [2.24, 2.45) is 11.8 Å². The van der Waals surface area contributed by atoms with Crippen molar-refractivity contribution in [2.45, 2.75) is 51.4 Å². The average molecular weight is 688 g/mol. The molecule has 3 aliphatic carbocycles. The lowest BCUT2D eigenvalue weighted by atomic mass is 9.68. The summed E-state index contributed by atoms with van der Waals surface area (Å²) in [6, 6.07) is 43.2. The fraction of sp³-hybridized carbons (Fsp3) is 0.204. The van der Waals surface area contributed by atoms with Gasteiger partial charge in [-0.2, -0.15) is 0 Å². The Kier molecular flexibility index (Phi) is 6.56. The molecule has 3 heterocycles. The second-order valence-corrected chi connectivity index (χ2v) is 15.9. The Labute approximate surface area is 311 Å². The molecule has 0 saturated heterocycles. The number of fused-ring (bicyclic) bond motifs is 12. The summed E-state index contributed by atoms with van der Waals surface area (Å²) in [5.41, 5.74) is 17.6. The smallest absolute Gasteiger partial charge is 0.312 e. The zero-order valence-electron chi connectivity index (χ0n) is 30.5. The molecule has 0 spiro atoms. The number of nitrogens with zero attached hydrogens (tertiary/aromatic N) is 2. The van der Waals surface area contributed by atoms with Crippen molar-refractivity contribution < 1.29 is 4.99 Å². The van der Waals surface area contributed by atoms with E-state index in [0.717, 1.165) is 18.5 Å². The lowest BCUT2D eigenvalue weighted by Crippen LogP contribution is -2.80. The van der Waals surface area contributed by atoms with Crippen molar-refractivity contribution in [3.63, 3.8) is 0 Å². The van der Waals surface area contributed by atoms with Crippen molar-refractivity contribution >= 4 is 39.8 Å². The average Bonchev–Trinajstić information content (AvgIpc) is 3.68. The van der Waals surface area contributed by atoms with Gasteiger partial charge in [0.2, 0.25) is 5.71 Å². The first kappa shape index (κ1) is 30.7. The highest BCUT2D eigenvalue weighted by Crippen LogP contribution is 2.65. The molecule has 5 aliphatic rings. The normalized spacial score (nSPS) is 24.6. The van der Waals surface area contributed by atoms with E-state index >= 15 is 0 Å². The van der Waals surface area contributed by atoms with Gasteiger partial charge in [-0.3, -0.25) is 4.57 Å². The van der Waals surface area contributed by atoms with Crippen LogP contribution >= 0.6 is 0 Å². The van der Waals surface area contributed by atoms with Gasteiger partial charge in [0.1, 0.15) is 0 Å². The van der Waals surface area contributed by atoms with Crippen LogP contribution in [0, 0.1) is 11.8 Å². The number of anilines is 3. The molecule has 0 radical (unpaired) electrons. The fourth-order valence-corrected chi connectivity index (χ4v) is 10.3. The summed E-state index contributed by atoms with van der Waals surface area (Å²) < 4.78 is 2.62. The second kappa shape index (κ2) is 11.3.